The molecule has 0 N–H and O–H groups in total. The number of pyridine rings is 1. The molecule has 1 aliphatic heterocycles. The molecule has 0 aliphatic carbocycles. The van der Waals surface area contributed by atoms with Crippen LogP contribution in [0.1, 0.15) is 24.7 Å². The van der Waals surface area contributed by atoms with Gasteiger partial charge in [-0.3, -0.25) is 4.40 Å². The van der Waals surface area contributed by atoms with Gasteiger partial charge in [-0.2, -0.15) is 0 Å². The highest BCUT2D eigenvalue weighted by molar-refractivity contribution is 5.72. The minimum Gasteiger partial charge on any atom is -0.440 e. The van der Waals surface area contributed by atoms with Gasteiger partial charge >= 0.3 is 5.69 Å². The van der Waals surface area contributed by atoms with Gasteiger partial charge in [-0.25, -0.2) is 14.5 Å². The van der Waals surface area contributed by atoms with E-state index in [4.69, 9.17) is 4.42 Å². The molecular formula is C20H21N5O2. The molecule has 7 nitrogen and oxygen atoms in total. The summed E-state index contributed by atoms with van der Waals surface area (Å²) >= 11 is 0. The Bertz CT molecular complexity index is 1110. The maximum absolute atomic E-state index is 12.4. The Morgan fingerprint density at radius 2 is 2.00 bits per heavy atom. The first-order valence-electron chi connectivity index (χ1n) is 9.40. The Morgan fingerprint density at radius 3 is 2.89 bits per heavy atom. The number of nitrogens with zero attached hydrogens (tertiary/aromatic N) is 5. The van der Waals surface area contributed by atoms with Crippen molar-refractivity contribution in [1.29, 1.82) is 0 Å². The highest BCUT2D eigenvalue weighted by Crippen LogP contribution is 2.28. The maximum atomic E-state index is 12.4. The lowest BCUT2D eigenvalue weighted by atomic mass is 9.98. The van der Waals surface area contributed by atoms with E-state index in [2.05, 4.69) is 15.0 Å². The van der Waals surface area contributed by atoms with Crippen LogP contribution in [-0.2, 0) is 6.54 Å². The number of para-hydroxylation sites is 2. The van der Waals surface area contributed by atoms with E-state index < -0.39 is 0 Å². The van der Waals surface area contributed by atoms with Gasteiger partial charge in [0.15, 0.2) is 17.1 Å². The minimum absolute atomic E-state index is 0.0851. The van der Waals surface area contributed by atoms with Crippen molar-refractivity contribution in [3.63, 3.8) is 0 Å². The standard InChI is InChI=1S/C20H21N5O2/c26-20-24-11-4-3-9-18(24)22-25(20)13-12-23-10-5-6-15(14-23)19-21-16-7-1-2-8-17(16)27-19/h1-4,7-9,11,15H,5-6,10,12-14H2. The molecule has 4 aromatic rings. The van der Waals surface area contributed by atoms with Crippen LogP contribution in [0.15, 0.2) is 57.9 Å². The van der Waals surface area contributed by atoms with Crippen molar-refractivity contribution in [3.05, 3.63) is 65.0 Å². The summed E-state index contributed by atoms with van der Waals surface area (Å²) in [7, 11) is 0. The molecule has 138 valence electrons. The number of rotatable bonds is 4. The maximum Gasteiger partial charge on any atom is 0.350 e. The van der Waals surface area contributed by atoms with Crippen molar-refractivity contribution in [2.75, 3.05) is 19.6 Å². The van der Waals surface area contributed by atoms with E-state index in [0.29, 0.717) is 18.1 Å². The van der Waals surface area contributed by atoms with Gasteiger partial charge in [0, 0.05) is 25.2 Å². The topological polar surface area (TPSA) is 68.6 Å². The molecule has 1 saturated heterocycles. The van der Waals surface area contributed by atoms with E-state index in [0.717, 1.165) is 49.5 Å². The van der Waals surface area contributed by atoms with Crippen molar-refractivity contribution in [3.8, 4) is 0 Å². The van der Waals surface area contributed by atoms with Gasteiger partial charge in [-0.05, 0) is 43.7 Å². The Hall–Kier alpha value is -2.93. The summed E-state index contributed by atoms with van der Waals surface area (Å²) in [6.07, 6.45) is 3.94. The Labute approximate surface area is 155 Å². The largest absolute Gasteiger partial charge is 0.440 e. The Balaban J connectivity index is 1.29. The van der Waals surface area contributed by atoms with Crippen LogP contribution in [0.5, 0.6) is 0 Å². The zero-order valence-electron chi connectivity index (χ0n) is 15.0. The smallest absolute Gasteiger partial charge is 0.350 e. The van der Waals surface area contributed by atoms with Crippen LogP contribution in [0.4, 0.5) is 0 Å². The zero-order chi connectivity index (χ0) is 18.2. The van der Waals surface area contributed by atoms with Gasteiger partial charge in [0.1, 0.15) is 5.52 Å². The third-order valence-corrected chi connectivity index (χ3v) is 5.28. The molecule has 0 spiro atoms. The van der Waals surface area contributed by atoms with Crippen LogP contribution in [0.25, 0.3) is 16.7 Å². The molecule has 0 amide bonds. The van der Waals surface area contributed by atoms with Crippen LogP contribution in [0, 0.1) is 0 Å². The molecule has 5 rings (SSSR count). The zero-order valence-corrected chi connectivity index (χ0v) is 15.0. The number of benzene rings is 1. The number of piperidine rings is 1. The van der Waals surface area contributed by atoms with Gasteiger partial charge in [0.25, 0.3) is 0 Å². The van der Waals surface area contributed by atoms with Crippen molar-refractivity contribution in [2.45, 2.75) is 25.3 Å². The summed E-state index contributed by atoms with van der Waals surface area (Å²) in [4.78, 5) is 19.4. The van der Waals surface area contributed by atoms with Crippen LogP contribution < -0.4 is 5.69 Å². The average molecular weight is 363 g/mol. The molecule has 1 aromatic carbocycles. The van der Waals surface area contributed by atoms with Crippen LogP contribution in [0.2, 0.25) is 0 Å². The second kappa shape index (κ2) is 6.66. The van der Waals surface area contributed by atoms with Crippen molar-refractivity contribution in [2.24, 2.45) is 0 Å². The van der Waals surface area contributed by atoms with Crippen LogP contribution in [0.3, 0.4) is 0 Å². The van der Waals surface area contributed by atoms with Gasteiger partial charge in [-0.1, -0.05) is 18.2 Å². The molecule has 0 bridgehead atoms. The summed E-state index contributed by atoms with van der Waals surface area (Å²) in [6.45, 7) is 3.30. The first-order valence-corrected chi connectivity index (χ1v) is 9.40. The monoisotopic (exact) mass is 363 g/mol. The number of hydrogen-bond donors (Lipinski definition) is 0. The Kier molecular flexibility index (Phi) is 4.01. The highest BCUT2D eigenvalue weighted by atomic mass is 16.3. The molecule has 0 radical (unpaired) electrons. The molecule has 1 atom stereocenters. The molecule has 0 saturated carbocycles. The second-order valence-electron chi connectivity index (χ2n) is 7.09. The molecule has 7 heteroatoms. The molecule has 27 heavy (non-hydrogen) atoms. The molecule has 1 fully saturated rings. The van der Waals surface area contributed by atoms with Crippen LogP contribution in [-0.4, -0.2) is 43.7 Å². The number of aromatic nitrogens is 4. The fourth-order valence-corrected chi connectivity index (χ4v) is 3.87. The van der Waals surface area contributed by atoms with E-state index in [-0.39, 0.29) is 5.69 Å². The summed E-state index contributed by atoms with van der Waals surface area (Å²) in [5.41, 5.74) is 2.37. The third-order valence-electron chi connectivity index (χ3n) is 5.28. The average Bonchev–Trinajstić information content (AvgIpc) is 3.28. The second-order valence-corrected chi connectivity index (χ2v) is 7.09. The van der Waals surface area contributed by atoms with Crippen LogP contribution >= 0.6 is 0 Å². The van der Waals surface area contributed by atoms with E-state index in [1.165, 1.54) is 0 Å². The fraction of sp³-hybridized carbons (Fsp3) is 0.350. The van der Waals surface area contributed by atoms with Crippen molar-refractivity contribution < 1.29 is 4.42 Å². The molecule has 1 unspecified atom stereocenters. The highest BCUT2D eigenvalue weighted by Gasteiger charge is 2.25. The summed E-state index contributed by atoms with van der Waals surface area (Å²) < 4.78 is 9.10. The van der Waals surface area contributed by atoms with Gasteiger partial charge < -0.3 is 9.32 Å². The molecule has 3 aromatic heterocycles. The summed E-state index contributed by atoms with van der Waals surface area (Å²) in [5.74, 6) is 1.12. The third kappa shape index (κ3) is 3.04. The van der Waals surface area contributed by atoms with Crippen molar-refractivity contribution in [1.82, 2.24) is 24.1 Å². The first-order chi connectivity index (χ1) is 13.3. The first kappa shape index (κ1) is 16.3. The molecular weight excluding hydrogens is 342 g/mol. The lowest BCUT2D eigenvalue weighted by molar-refractivity contribution is 0.186. The van der Waals surface area contributed by atoms with E-state index >= 15 is 0 Å². The quantitative estimate of drug-likeness (QED) is 0.557. The Morgan fingerprint density at radius 1 is 1.11 bits per heavy atom. The number of fused-ring (bicyclic) bond motifs is 2. The SMILES string of the molecule is O=c1n(CCN2CCCC(c3nc4ccccc4o3)C2)nc2ccccn12. The van der Waals surface area contributed by atoms with Gasteiger partial charge in [-0.15, -0.1) is 5.10 Å². The summed E-state index contributed by atoms with van der Waals surface area (Å²) in [5, 5.41) is 4.41. The lowest BCUT2D eigenvalue weighted by Gasteiger charge is -2.30. The normalized spacial score (nSPS) is 18.4. The van der Waals surface area contributed by atoms with Gasteiger partial charge in [0.05, 0.1) is 6.54 Å². The number of oxazole rings is 1. The van der Waals surface area contributed by atoms with E-state index in [1.807, 2.05) is 42.5 Å². The van der Waals surface area contributed by atoms with Gasteiger partial charge in [0.2, 0.25) is 0 Å². The number of hydrogen-bond acceptors (Lipinski definition) is 5. The van der Waals surface area contributed by atoms with E-state index in [1.54, 1.807) is 15.3 Å². The minimum atomic E-state index is -0.0851. The van der Waals surface area contributed by atoms with Crippen molar-refractivity contribution >= 4 is 16.7 Å². The predicted molar refractivity (Wildman–Crippen MR) is 102 cm³/mol. The van der Waals surface area contributed by atoms with E-state index in [9.17, 15) is 4.79 Å². The summed E-state index contributed by atoms with van der Waals surface area (Å²) in [6, 6.07) is 13.5. The fourth-order valence-electron chi connectivity index (χ4n) is 3.87. The number of likely N-dealkylation sites (tertiary alicyclic amines) is 1. The molecule has 1 aliphatic rings. The lowest BCUT2D eigenvalue weighted by Crippen LogP contribution is -2.38. The molecule has 4 heterocycles. The predicted octanol–water partition coefficient (Wildman–Crippen LogP) is 2.52.